The number of nitrogens with zero attached hydrogens (tertiary/aromatic N) is 3. The summed E-state index contributed by atoms with van der Waals surface area (Å²) in [6, 6.07) is 18.0. The molecule has 0 spiro atoms. The minimum absolute atomic E-state index is 0.122. The summed E-state index contributed by atoms with van der Waals surface area (Å²) in [5.74, 6) is 0.437. The van der Waals surface area contributed by atoms with Crippen LogP contribution in [0.4, 0.5) is 11.5 Å². The Labute approximate surface area is 194 Å². The van der Waals surface area contributed by atoms with E-state index in [4.69, 9.17) is 0 Å². The molecule has 0 bridgehead atoms. The molecule has 0 aliphatic carbocycles. The van der Waals surface area contributed by atoms with Gasteiger partial charge in [0.2, 0.25) is 10.0 Å². The predicted molar refractivity (Wildman–Crippen MR) is 128 cm³/mol. The van der Waals surface area contributed by atoms with Crippen molar-refractivity contribution in [3.63, 3.8) is 0 Å². The van der Waals surface area contributed by atoms with Crippen molar-refractivity contribution in [3.8, 4) is 0 Å². The highest BCUT2D eigenvalue weighted by Crippen LogP contribution is 2.37. The summed E-state index contributed by atoms with van der Waals surface area (Å²) in [4.78, 5) is 19.6. The summed E-state index contributed by atoms with van der Waals surface area (Å²) >= 11 is 0. The van der Waals surface area contributed by atoms with Gasteiger partial charge in [0.1, 0.15) is 12.0 Å². The first kappa shape index (κ1) is 21.6. The molecule has 3 heterocycles. The third-order valence-corrected chi connectivity index (χ3v) is 8.13. The molecule has 1 fully saturated rings. The molecular weight excluding hydrogens is 436 g/mol. The van der Waals surface area contributed by atoms with Gasteiger partial charge in [0.25, 0.3) is 5.91 Å². The Bertz CT molecular complexity index is 1270. The summed E-state index contributed by atoms with van der Waals surface area (Å²) < 4.78 is 27.5. The van der Waals surface area contributed by atoms with Crippen molar-refractivity contribution in [1.82, 2.24) is 9.29 Å². The van der Waals surface area contributed by atoms with Gasteiger partial charge in [0, 0.05) is 36.1 Å². The van der Waals surface area contributed by atoms with Crippen LogP contribution in [0.2, 0.25) is 0 Å². The van der Waals surface area contributed by atoms with E-state index in [9.17, 15) is 13.2 Å². The quantitative estimate of drug-likeness (QED) is 0.610. The standard InChI is InChI=1S/C25H26N4O3S/c1-18-9-14-23(26-17-18)29-24(21-7-3-4-8-22(21)25(29)30)27-19-10-12-20(13-11-19)33(31,32)28-15-5-2-6-16-28/h3-4,7-14,17,24,27H,2,5-6,15-16H2,1H3/t24-/m0/s1. The molecule has 3 aromatic rings. The fraction of sp³-hybridized carbons (Fsp3) is 0.280. The molecule has 1 amide bonds. The number of aryl methyl sites for hydroxylation is 1. The maximum absolute atomic E-state index is 13.2. The molecule has 0 saturated carbocycles. The first-order chi connectivity index (χ1) is 15.9. The molecule has 8 heteroatoms. The number of benzene rings is 2. The van der Waals surface area contributed by atoms with Gasteiger partial charge in [-0.15, -0.1) is 0 Å². The molecule has 2 aromatic carbocycles. The fourth-order valence-electron chi connectivity index (χ4n) is 4.43. The topological polar surface area (TPSA) is 82.6 Å². The molecule has 0 unspecified atom stereocenters. The number of nitrogens with one attached hydrogen (secondary N) is 1. The highest BCUT2D eigenvalue weighted by atomic mass is 32.2. The summed E-state index contributed by atoms with van der Waals surface area (Å²) in [5, 5.41) is 3.41. The van der Waals surface area contributed by atoms with Gasteiger partial charge >= 0.3 is 0 Å². The van der Waals surface area contributed by atoms with Gasteiger partial charge in [0.15, 0.2) is 0 Å². The van der Waals surface area contributed by atoms with E-state index >= 15 is 0 Å². The number of hydrogen-bond acceptors (Lipinski definition) is 5. The normalized spacial score (nSPS) is 18.9. The maximum atomic E-state index is 13.2. The molecule has 1 saturated heterocycles. The number of carbonyl (C=O) groups is 1. The Morgan fingerprint density at radius 2 is 1.67 bits per heavy atom. The molecule has 5 rings (SSSR count). The second kappa shape index (κ2) is 8.61. The second-order valence-corrected chi connectivity index (χ2v) is 10.4. The number of amides is 1. The molecule has 1 aromatic heterocycles. The van der Waals surface area contributed by atoms with Crippen LogP contribution in [0.15, 0.2) is 71.8 Å². The second-order valence-electron chi connectivity index (χ2n) is 8.49. The van der Waals surface area contributed by atoms with Gasteiger partial charge < -0.3 is 5.32 Å². The number of rotatable bonds is 5. The van der Waals surface area contributed by atoms with Gasteiger partial charge in [0.05, 0.1) is 4.90 Å². The molecule has 2 aliphatic rings. The smallest absolute Gasteiger partial charge is 0.261 e. The zero-order chi connectivity index (χ0) is 23.0. The molecule has 1 N–H and O–H groups in total. The molecule has 2 aliphatic heterocycles. The molecule has 7 nitrogen and oxygen atoms in total. The number of piperidine rings is 1. The largest absolute Gasteiger partial charge is 0.361 e. The zero-order valence-corrected chi connectivity index (χ0v) is 19.3. The van der Waals surface area contributed by atoms with E-state index in [1.54, 1.807) is 39.7 Å². The Morgan fingerprint density at radius 3 is 2.36 bits per heavy atom. The number of hydrogen-bond donors (Lipinski definition) is 1. The van der Waals surface area contributed by atoms with E-state index in [2.05, 4.69) is 10.3 Å². The van der Waals surface area contributed by atoms with Crippen molar-refractivity contribution in [2.75, 3.05) is 23.3 Å². The van der Waals surface area contributed by atoms with Gasteiger partial charge in [-0.2, -0.15) is 4.31 Å². The highest BCUT2D eigenvalue weighted by molar-refractivity contribution is 7.89. The minimum atomic E-state index is -3.49. The van der Waals surface area contributed by atoms with E-state index in [0.717, 1.165) is 36.1 Å². The van der Waals surface area contributed by atoms with E-state index in [1.807, 2.05) is 43.3 Å². The first-order valence-corrected chi connectivity index (χ1v) is 12.6. The average Bonchev–Trinajstić information content (AvgIpc) is 3.12. The van der Waals surface area contributed by atoms with Crippen molar-refractivity contribution in [3.05, 3.63) is 83.6 Å². The molecular formula is C25H26N4O3S. The Balaban J connectivity index is 1.44. The zero-order valence-electron chi connectivity index (χ0n) is 18.4. The molecule has 33 heavy (non-hydrogen) atoms. The van der Waals surface area contributed by atoms with Crippen LogP contribution in [0.1, 0.15) is 46.9 Å². The minimum Gasteiger partial charge on any atom is -0.361 e. The van der Waals surface area contributed by atoms with Crippen LogP contribution in [-0.4, -0.2) is 36.7 Å². The first-order valence-electron chi connectivity index (χ1n) is 11.2. The van der Waals surface area contributed by atoms with Crippen molar-refractivity contribution >= 4 is 27.4 Å². The lowest BCUT2D eigenvalue weighted by Crippen LogP contribution is -2.35. The van der Waals surface area contributed by atoms with E-state index < -0.39 is 16.2 Å². The lowest BCUT2D eigenvalue weighted by Gasteiger charge is -2.27. The number of aromatic nitrogens is 1. The van der Waals surface area contributed by atoms with Crippen LogP contribution in [0.5, 0.6) is 0 Å². The van der Waals surface area contributed by atoms with Crippen LogP contribution < -0.4 is 10.2 Å². The van der Waals surface area contributed by atoms with Crippen molar-refractivity contribution < 1.29 is 13.2 Å². The number of pyridine rings is 1. The van der Waals surface area contributed by atoms with Crippen LogP contribution in [0, 0.1) is 6.92 Å². The number of sulfonamides is 1. The van der Waals surface area contributed by atoms with Crippen molar-refractivity contribution in [1.29, 1.82) is 0 Å². The third-order valence-electron chi connectivity index (χ3n) is 6.22. The lowest BCUT2D eigenvalue weighted by molar-refractivity contribution is 0.0992. The van der Waals surface area contributed by atoms with Gasteiger partial charge in [-0.1, -0.05) is 30.7 Å². The van der Waals surface area contributed by atoms with Crippen LogP contribution in [0.25, 0.3) is 0 Å². The fourth-order valence-corrected chi connectivity index (χ4v) is 5.95. The Kier molecular flexibility index (Phi) is 5.64. The number of carbonyl (C=O) groups excluding carboxylic acids is 1. The molecule has 170 valence electrons. The van der Waals surface area contributed by atoms with Crippen molar-refractivity contribution in [2.24, 2.45) is 0 Å². The third kappa shape index (κ3) is 4.00. The average molecular weight is 463 g/mol. The van der Waals surface area contributed by atoms with Crippen molar-refractivity contribution in [2.45, 2.75) is 37.2 Å². The molecule has 1 atom stereocenters. The van der Waals surface area contributed by atoms with Gasteiger partial charge in [-0.3, -0.25) is 9.69 Å². The number of anilines is 2. The maximum Gasteiger partial charge on any atom is 0.261 e. The summed E-state index contributed by atoms with van der Waals surface area (Å²) in [7, 11) is -3.49. The SMILES string of the molecule is Cc1ccc(N2C(=O)c3ccccc3[C@H]2Nc2ccc(S(=O)(=O)N3CCCCC3)cc2)nc1. The monoisotopic (exact) mass is 462 g/mol. The van der Waals surface area contributed by atoms with E-state index in [-0.39, 0.29) is 10.8 Å². The van der Waals surface area contributed by atoms with E-state index in [1.165, 1.54) is 0 Å². The number of fused-ring (bicyclic) bond motifs is 1. The van der Waals surface area contributed by atoms with E-state index in [0.29, 0.717) is 24.5 Å². The van der Waals surface area contributed by atoms with Gasteiger partial charge in [-0.05, 0) is 61.7 Å². The Hall–Kier alpha value is -3.23. The summed E-state index contributed by atoms with van der Waals surface area (Å²) in [6.07, 6.45) is 4.16. The Morgan fingerprint density at radius 1 is 0.939 bits per heavy atom. The van der Waals surface area contributed by atoms with Crippen LogP contribution in [0.3, 0.4) is 0 Å². The highest BCUT2D eigenvalue weighted by Gasteiger charge is 2.38. The summed E-state index contributed by atoms with van der Waals surface area (Å²) in [6.45, 7) is 3.09. The molecule has 0 radical (unpaired) electrons. The van der Waals surface area contributed by atoms with Gasteiger partial charge in [-0.25, -0.2) is 13.4 Å². The van der Waals surface area contributed by atoms with Crippen LogP contribution >= 0.6 is 0 Å². The predicted octanol–water partition coefficient (Wildman–Crippen LogP) is 4.34. The van der Waals surface area contributed by atoms with Crippen LogP contribution in [-0.2, 0) is 10.0 Å². The lowest BCUT2D eigenvalue weighted by atomic mass is 10.1. The summed E-state index contributed by atoms with van der Waals surface area (Å²) in [5.41, 5.74) is 3.22.